The van der Waals surface area contributed by atoms with Gasteiger partial charge in [-0.1, -0.05) is 0 Å². The lowest BCUT2D eigenvalue weighted by Gasteiger charge is -2.30. The van der Waals surface area contributed by atoms with E-state index >= 15 is 0 Å². The van der Waals surface area contributed by atoms with Crippen LogP contribution in [0.1, 0.15) is 19.3 Å². The van der Waals surface area contributed by atoms with Crippen molar-refractivity contribution in [2.75, 3.05) is 35.2 Å². The van der Waals surface area contributed by atoms with Crippen LogP contribution < -0.4 is 20.3 Å². The van der Waals surface area contributed by atoms with E-state index in [0.29, 0.717) is 30.0 Å². The molecule has 2 N–H and O–H groups in total. The molecule has 0 aromatic carbocycles. The van der Waals surface area contributed by atoms with Crippen LogP contribution in [0.3, 0.4) is 0 Å². The predicted octanol–water partition coefficient (Wildman–Crippen LogP) is 1.69. The molecule has 30 heavy (non-hydrogen) atoms. The molecule has 2 atom stereocenters. The van der Waals surface area contributed by atoms with E-state index in [4.69, 9.17) is 20.4 Å². The van der Waals surface area contributed by atoms with Gasteiger partial charge < -0.3 is 25.0 Å². The molecule has 0 radical (unpaired) electrons. The molecule has 4 aliphatic heterocycles. The summed E-state index contributed by atoms with van der Waals surface area (Å²) < 4.78 is 35.5. The monoisotopic (exact) mass is 417 g/mol. The topological polar surface area (TPSA) is 103 Å². The maximum atomic E-state index is 12.7. The van der Waals surface area contributed by atoms with Crippen molar-refractivity contribution in [1.29, 1.82) is 0 Å². The Hall–Kier alpha value is -2.82. The number of fused-ring (bicyclic) bond motifs is 3. The molecule has 6 heterocycles. The molecule has 0 spiro atoms. The number of hydrogen-bond acceptors (Lipinski definition) is 9. The van der Waals surface area contributed by atoms with Crippen LogP contribution in [0.2, 0.25) is 0 Å². The zero-order valence-corrected chi connectivity index (χ0v) is 16.1. The molecular weight excluding hydrogens is 396 g/mol. The Labute approximate surface area is 171 Å². The summed E-state index contributed by atoms with van der Waals surface area (Å²) in [5.41, 5.74) is 6.47. The minimum Gasteiger partial charge on any atom is -0.413 e. The number of nitrogens with zero attached hydrogens (tertiary/aromatic N) is 6. The molecule has 1 saturated carbocycles. The first-order valence-corrected chi connectivity index (χ1v) is 10.1. The fourth-order valence-electron chi connectivity index (χ4n) is 4.96. The number of anilines is 3. The smallest absolute Gasteiger partial charge is 0.388 e. The van der Waals surface area contributed by atoms with Crippen LogP contribution in [-0.4, -0.2) is 64.4 Å². The molecule has 4 saturated heterocycles. The van der Waals surface area contributed by atoms with Crippen molar-refractivity contribution in [3.8, 4) is 17.3 Å². The quantitative estimate of drug-likeness (QED) is 0.778. The molecule has 2 aromatic heterocycles. The molecule has 158 valence electrons. The summed E-state index contributed by atoms with van der Waals surface area (Å²) in [5.74, 6) is 1.57. The SMILES string of the molecule is Nc1ncc(-c2cc(N3CC4CC3C4)nc(N3C[C@@H]4C[C@H]3CO4)n2)nc1OC(F)F. The van der Waals surface area contributed by atoms with Gasteiger partial charge in [0.15, 0.2) is 5.82 Å². The Morgan fingerprint density at radius 2 is 1.93 bits per heavy atom. The van der Waals surface area contributed by atoms with Crippen LogP contribution in [-0.2, 0) is 4.74 Å². The number of halogens is 2. The van der Waals surface area contributed by atoms with Gasteiger partial charge in [-0.3, -0.25) is 0 Å². The summed E-state index contributed by atoms with van der Waals surface area (Å²) in [5, 5.41) is 0. The zero-order valence-electron chi connectivity index (χ0n) is 16.1. The van der Waals surface area contributed by atoms with Crippen molar-refractivity contribution in [2.24, 2.45) is 5.92 Å². The largest absolute Gasteiger partial charge is 0.413 e. The van der Waals surface area contributed by atoms with Gasteiger partial charge in [-0.2, -0.15) is 13.8 Å². The lowest BCUT2D eigenvalue weighted by atomic mass is 9.86. The van der Waals surface area contributed by atoms with Crippen LogP contribution in [0.4, 0.5) is 26.4 Å². The van der Waals surface area contributed by atoms with E-state index in [9.17, 15) is 8.78 Å². The molecule has 9 nitrogen and oxygen atoms in total. The van der Waals surface area contributed by atoms with Gasteiger partial charge in [0.1, 0.15) is 11.5 Å². The van der Waals surface area contributed by atoms with Gasteiger partial charge in [-0.25, -0.2) is 15.0 Å². The first kappa shape index (κ1) is 18.0. The predicted molar refractivity (Wildman–Crippen MR) is 103 cm³/mol. The number of aromatic nitrogens is 4. The second-order valence-corrected chi connectivity index (χ2v) is 8.38. The maximum absolute atomic E-state index is 12.7. The zero-order chi connectivity index (χ0) is 20.4. The highest BCUT2D eigenvalue weighted by Gasteiger charge is 2.44. The molecule has 2 aromatic rings. The fourth-order valence-corrected chi connectivity index (χ4v) is 4.96. The molecule has 7 rings (SSSR count). The van der Waals surface area contributed by atoms with E-state index < -0.39 is 12.5 Å². The third-order valence-electron chi connectivity index (χ3n) is 6.49. The Kier molecular flexibility index (Phi) is 3.95. The van der Waals surface area contributed by atoms with Crippen molar-refractivity contribution >= 4 is 17.6 Å². The molecule has 5 aliphatic rings. The van der Waals surface area contributed by atoms with Gasteiger partial charge in [0, 0.05) is 25.2 Å². The van der Waals surface area contributed by atoms with E-state index in [1.165, 1.54) is 19.0 Å². The summed E-state index contributed by atoms with van der Waals surface area (Å²) >= 11 is 0. The van der Waals surface area contributed by atoms with Crippen molar-refractivity contribution in [1.82, 2.24) is 19.9 Å². The number of nitrogen functional groups attached to an aromatic ring is 1. The number of morpholine rings is 1. The van der Waals surface area contributed by atoms with Gasteiger partial charge in [0.2, 0.25) is 5.95 Å². The summed E-state index contributed by atoms with van der Waals surface area (Å²) in [7, 11) is 0. The second kappa shape index (κ2) is 6.59. The molecule has 5 fully saturated rings. The highest BCUT2D eigenvalue weighted by molar-refractivity contribution is 5.64. The van der Waals surface area contributed by atoms with Crippen LogP contribution >= 0.6 is 0 Å². The van der Waals surface area contributed by atoms with Gasteiger partial charge >= 0.3 is 6.61 Å². The Balaban J connectivity index is 1.41. The lowest BCUT2D eigenvalue weighted by molar-refractivity contribution is -0.0524. The average molecular weight is 417 g/mol. The summed E-state index contributed by atoms with van der Waals surface area (Å²) in [6.07, 6.45) is 4.96. The van der Waals surface area contributed by atoms with Crippen molar-refractivity contribution in [3.05, 3.63) is 12.3 Å². The van der Waals surface area contributed by atoms with E-state index in [-0.39, 0.29) is 18.0 Å². The molecule has 4 bridgehead atoms. The molecule has 0 amide bonds. The molecular formula is C19H21F2N7O2. The van der Waals surface area contributed by atoms with Crippen LogP contribution in [0.15, 0.2) is 12.3 Å². The first-order chi connectivity index (χ1) is 14.5. The highest BCUT2D eigenvalue weighted by Crippen LogP contribution is 2.44. The van der Waals surface area contributed by atoms with E-state index in [2.05, 4.69) is 24.5 Å². The molecule has 1 aliphatic carbocycles. The number of hydrogen-bond donors (Lipinski definition) is 1. The normalized spacial score (nSPS) is 29.0. The van der Waals surface area contributed by atoms with Crippen LogP contribution in [0.25, 0.3) is 11.4 Å². The Morgan fingerprint density at radius 3 is 2.60 bits per heavy atom. The van der Waals surface area contributed by atoms with Crippen molar-refractivity contribution in [2.45, 2.75) is 44.1 Å². The first-order valence-electron chi connectivity index (χ1n) is 10.1. The minimum atomic E-state index is -3.04. The van der Waals surface area contributed by atoms with E-state index in [1.54, 1.807) is 0 Å². The third kappa shape index (κ3) is 2.91. The van der Waals surface area contributed by atoms with Crippen LogP contribution in [0, 0.1) is 5.92 Å². The highest BCUT2D eigenvalue weighted by atomic mass is 19.3. The van der Waals surface area contributed by atoms with Gasteiger partial charge in [-0.05, 0) is 25.2 Å². The molecule has 11 heteroatoms. The van der Waals surface area contributed by atoms with Crippen molar-refractivity contribution < 1.29 is 18.3 Å². The number of alkyl halides is 2. The van der Waals surface area contributed by atoms with Gasteiger partial charge in [-0.15, -0.1) is 0 Å². The summed E-state index contributed by atoms with van der Waals surface area (Å²) in [6.45, 7) is -0.656. The second-order valence-electron chi connectivity index (χ2n) is 8.38. The number of nitrogens with two attached hydrogens (primary N) is 1. The standard InChI is InChI=1S/C19H21F2N7O2/c20-18(21)30-17-16(22)23-5-14(24-17)13-4-15(27-6-9-1-10(27)2-9)26-19(25-13)28-7-12-3-11(28)8-29-12/h4-5,9-12,18H,1-3,6-8H2,(H2,22,23)/t9?,10?,11-,12-/m0/s1. The summed E-state index contributed by atoms with van der Waals surface area (Å²) in [4.78, 5) is 22.2. The minimum absolute atomic E-state index is 0.192. The third-order valence-corrected chi connectivity index (χ3v) is 6.49. The number of rotatable bonds is 5. The van der Waals surface area contributed by atoms with Gasteiger partial charge in [0.05, 0.1) is 30.6 Å². The van der Waals surface area contributed by atoms with Gasteiger partial charge in [0.25, 0.3) is 5.88 Å². The lowest BCUT2D eigenvalue weighted by Crippen LogP contribution is -2.38. The van der Waals surface area contributed by atoms with Crippen molar-refractivity contribution in [3.63, 3.8) is 0 Å². The average Bonchev–Trinajstić information content (AvgIpc) is 3.48. The summed E-state index contributed by atoms with van der Waals surface area (Å²) in [6, 6.07) is 2.60. The maximum Gasteiger partial charge on any atom is 0.388 e. The van der Waals surface area contributed by atoms with E-state index in [1.807, 2.05) is 6.07 Å². The fraction of sp³-hybridized carbons (Fsp3) is 0.579. The van der Waals surface area contributed by atoms with E-state index in [0.717, 1.165) is 31.2 Å². The molecule has 0 unspecified atom stereocenters. The number of ether oxygens (including phenoxy) is 2. The Bertz CT molecular complexity index is 987. The Morgan fingerprint density at radius 1 is 1.07 bits per heavy atom. The van der Waals surface area contributed by atoms with Crippen LogP contribution in [0.5, 0.6) is 5.88 Å².